The van der Waals surface area contributed by atoms with E-state index in [2.05, 4.69) is 18.6 Å². The second-order valence-corrected chi connectivity index (χ2v) is 7.90. The van der Waals surface area contributed by atoms with Crippen LogP contribution in [0.3, 0.4) is 0 Å². The van der Waals surface area contributed by atoms with Gasteiger partial charge in [-0.05, 0) is 30.7 Å². The Kier molecular flexibility index (Phi) is 6.46. The first kappa shape index (κ1) is 16.6. The van der Waals surface area contributed by atoms with Gasteiger partial charge in [0.25, 0.3) is 0 Å². The second kappa shape index (κ2) is 7.38. The van der Waals surface area contributed by atoms with Crippen LogP contribution in [0.4, 0.5) is 0 Å². The van der Waals surface area contributed by atoms with Crippen molar-refractivity contribution < 1.29 is 13.5 Å². The van der Waals surface area contributed by atoms with E-state index in [4.69, 9.17) is 5.11 Å². The maximum absolute atomic E-state index is 12.2. The van der Waals surface area contributed by atoms with Crippen LogP contribution in [0.15, 0.2) is 16.3 Å². The fourth-order valence-corrected chi connectivity index (χ4v) is 4.48. The molecule has 1 heterocycles. The predicted octanol–water partition coefficient (Wildman–Crippen LogP) is 2.73. The zero-order valence-corrected chi connectivity index (χ0v) is 13.4. The molecule has 1 unspecified atom stereocenters. The van der Waals surface area contributed by atoms with E-state index in [0.717, 1.165) is 19.3 Å². The normalized spacial score (nSPS) is 13.9. The summed E-state index contributed by atoms with van der Waals surface area (Å²) in [6.45, 7) is 5.96. The molecule has 0 fully saturated rings. The lowest BCUT2D eigenvalue weighted by Crippen LogP contribution is -2.32. The van der Waals surface area contributed by atoms with Crippen molar-refractivity contribution in [1.82, 2.24) is 4.72 Å². The predicted molar refractivity (Wildman–Crippen MR) is 78.7 cm³/mol. The van der Waals surface area contributed by atoms with Crippen LogP contribution in [-0.2, 0) is 16.6 Å². The van der Waals surface area contributed by atoms with E-state index >= 15 is 0 Å². The molecule has 0 saturated heterocycles. The van der Waals surface area contributed by atoms with Gasteiger partial charge < -0.3 is 5.11 Å². The zero-order valence-electron chi connectivity index (χ0n) is 11.7. The quantitative estimate of drug-likeness (QED) is 0.776. The highest BCUT2D eigenvalue weighted by Gasteiger charge is 2.21. The Morgan fingerprint density at radius 3 is 2.58 bits per heavy atom. The molecule has 0 aliphatic carbocycles. The topological polar surface area (TPSA) is 66.4 Å². The molecule has 1 atom stereocenters. The summed E-state index contributed by atoms with van der Waals surface area (Å²) in [5.41, 5.74) is 0. The molecule has 0 amide bonds. The van der Waals surface area contributed by atoms with E-state index in [9.17, 15) is 8.42 Å². The maximum Gasteiger partial charge on any atom is 0.242 e. The van der Waals surface area contributed by atoms with Crippen LogP contribution in [0.2, 0.25) is 0 Å². The highest BCUT2D eigenvalue weighted by Crippen LogP contribution is 2.22. The minimum absolute atomic E-state index is 0.0878. The molecular formula is C13H23NO3S2. The van der Waals surface area contributed by atoms with Crippen molar-refractivity contribution in [3.63, 3.8) is 0 Å². The van der Waals surface area contributed by atoms with Gasteiger partial charge in [0.05, 0.1) is 11.5 Å². The number of aliphatic hydroxyl groups is 1. The molecule has 4 nitrogen and oxygen atoms in total. The molecule has 0 radical (unpaired) electrons. The summed E-state index contributed by atoms with van der Waals surface area (Å²) in [6, 6.07) is 1.45. The second-order valence-electron chi connectivity index (χ2n) is 5.21. The van der Waals surface area contributed by atoms with Gasteiger partial charge in [0.2, 0.25) is 10.0 Å². The highest BCUT2D eigenvalue weighted by atomic mass is 32.2. The number of thiophene rings is 1. The number of nitrogens with one attached hydrogen (secondary N) is 1. The van der Waals surface area contributed by atoms with Crippen LogP contribution in [0.25, 0.3) is 0 Å². The third kappa shape index (κ3) is 5.22. The SMILES string of the molecule is CC(C)CCCC(C)NS(=O)(=O)c1ccsc1CO. The van der Waals surface area contributed by atoms with Crippen LogP contribution in [0, 0.1) is 5.92 Å². The number of rotatable bonds is 8. The molecular weight excluding hydrogens is 282 g/mol. The van der Waals surface area contributed by atoms with Crippen molar-refractivity contribution in [2.24, 2.45) is 5.92 Å². The van der Waals surface area contributed by atoms with Crippen LogP contribution >= 0.6 is 11.3 Å². The lowest BCUT2D eigenvalue weighted by Gasteiger charge is -2.14. The van der Waals surface area contributed by atoms with Crippen LogP contribution in [0.5, 0.6) is 0 Å². The van der Waals surface area contributed by atoms with Crippen molar-refractivity contribution in [3.05, 3.63) is 16.3 Å². The van der Waals surface area contributed by atoms with Gasteiger partial charge in [-0.1, -0.05) is 26.7 Å². The van der Waals surface area contributed by atoms with Crippen LogP contribution < -0.4 is 4.72 Å². The molecule has 1 aromatic heterocycles. The number of hydrogen-bond donors (Lipinski definition) is 2. The zero-order chi connectivity index (χ0) is 14.5. The molecule has 1 rings (SSSR count). The van der Waals surface area contributed by atoms with Crippen molar-refractivity contribution in [1.29, 1.82) is 0 Å². The standard InChI is InChI=1S/C13H23NO3S2/c1-10(2)5-4-6-11(3)14-19(16,17)13-7-8-18-12(13)9-15/h7-8,10-11,14-15H,4-6,9H2,1-3H3. The maximum atomic E-state index is 12.2. The first-order valence-corrected chi connectivity index (χ1v) is 8.92. The molecule has 0 aromatic carbocycles. The van der Waals surface area contributed by atoms with Crippen LogP contribution in [0.1, 0.15) is 44.9 Å². The fraction of sp³-hybridized carbons (Fsp3) is 0.692. The van der Waals surface area contributed by atoms with Gasteiger partial charge in [-0.3, -0.25) is 0 Å². The molecule has 2 N–H and O–H groups in total. The molecule has 0 aliphatic heterocycles. The summed E-state index contributed by atoms with van der Waals surface area (Å²) in [5.74, 6) is 0.640. The minimum atomic E-state index is -3.51. The Morgan fingerprint density at radius 1 is 1.32 bits per heavy atom. The monoisotopic (exact) mass is 305 g/mol. The van der Waals surface area contributed by atoms with Gasteiger partial charge >= 0.3 is 0 Å². The van der Waals surface area contributed by atoms with Gasteiger partial charge in [-0.25, -0.2) is 13.1 Å². The highest BCUT2D eigenvalue weighted by molar-refractivity contribution is 7.89. The van der Waals surface area contributed by atoms with Gasteiger partial charge in [0.1, 0.15) is 0 Å². The molecule has 110 valence electrons. The Morgan fingerprint density at radius 2 is 2.00 bits per heavy atom. The minimum Gasteiger partial charge on any atom is -0.391 e. The van der Waals surface area contributed by atoms with Gasteiger partial charge in [0, 0.05) is 10.9 Å². The molecule has 19 heavy (non-hydrogen) atoms. The summed E-state index contributed by atoms with van der Waals surface area (Å²) in [7, 11) is -3.51. The summed E-state index contributed by atoms with van der Waals surface area (Å²) in [6.07, 6.45) is 2.94. The van der Waals surface area contributed by atoms with E-state index in [0.29, 0.717) is 10.8 Å². The smallest absolute Gasteiger partial charge is 0.242 e. The first-order chi connectivity index (χ1) is 8.86. The van der Waals surface area contributed by atoms with E-state index in [1.165, 1.54) is 11.3 Å². The van der Waals surface area contributed by atoms with E-state index in [1.807, 2.05) is 6.92 Å². The summed E-state index contributed by atoms with van der Waals surface area (Å²) in [5, 5.41) is 10.8. The Labute approximate surface area is 119 Å². The van der Waals surface area contributed by atoms with E-state index < -0.39 is 10.0 Å². The third-order valence-electron chi connectivity index (χ3n) is 2.91. The summed E-state index contributed by atoms with van der Waals surface area (Å²) >= 11 is 1.26. The molecule has 0 spiro atoms. The van der Waals surface area contributed by atoms with Crippen LogP contribution in [-0.4, -0.2) is 19.6 Å². The fourth-order valence-electron chi connectivity index (χ4n) is 1.90. The van der Waals surface area contributed by atoms with Gasteiger partial charge in [-0.15, -0.1) is 11.3 Å². The average Bonchev–Trinajstić information content (AvgIpc) is 2.76. The van der Waals surface area contributed by atoms with Gasteiger partial charge in [-0.2, -0.15) is 0 Å². The van der Waals surface area contributed by atoms with E-state index in [1.54, 1.807) is 11.4 Å². The lowest BCUT2D eigenvalue weighted by atomic mass is 10.0. The largest absolute Gasteiger partial charge is 0.391 e. The summed E-state index contributed by atoms with van der Waals surface area (Å²) < 4.78 is 27.0. The molecule has 0 aliphatic rings. The number of hydrogen-bond acceptors (Lipinski definition) is 4. The summed E-state index contributed by atoms with van der Waals surface area (Å²) in [4.78, 5) is 0.692. The average molecular weight is 305 g/mol. The Hall–Kier alpha value is -0.430. The van der Waals surface area contributed by atoms with Crippen molar-refractivity contribution in [2.45, 2.75) is 57.6 Å². The lowest BCUT2D eigenvalue weighted by molar-refractivity contribution is 0.282. The van der Waals surface area contributed by atoms with Crippen molar-refractivity contribution in [2.75, 3.05) is 0 Å². The number of sulfonamides is 1. The Balaban J connectivity index is 2.60. The first-order valence-electron chi connectivity index (χ1n) is 6.56. The van der Waals surface area contributed by atoms with Gasteiger partial charge in [0.15, 0.2) is 0 Å². The third-order valence-corrected chi connectivity index (χ3v) is 5.62. The molecule has 6 heteroatoms. The molecule has 1 aromatic rings. The van der Waals surface area contributed by atoms with E-state index in [-0.39, 0.29) is 17.5 Å². The molecule has 0 bridgehead atoms. The number of aliphatic hydroxyl groups excluding tert-OH is 1. The van der Waals surface area contributed by atoms with Crippen molar-refractivity contribution >= 4 is 21.4 Å². The van der Waals surface area contributed by atoms with Crippen molar-refractivity contribution in [3.8, 4) is 0 Å². The molecule has 0 saturated carbocycles. The Bertz CT molecular complexity index is 480.